The third-order valence-electron chi connectivity index (χ3n) is 4.09. The zero-order valence-corrected chi connectivity index (χ0v) is 12.5. The molecule has 0 aliphatic carbocycles. The average molecular weight is 299 g/mol. The van der Waals surface area contributed by atoms with Gasteiger partial charge in [-0.25, -0.2) is 4.39 Å². The molecule has 1 unspecified atom stereocenters. The molecule has 114 valence electrons. The van der Waals surface area contributed by atoms with Crippen LogP contribution >= 0.6 is 0 Å². The van der Waals surface area contributed by atoms with E-state index in [0.29, 0.717) is 12.1 Å². The van der Waals surface area contributed by atoms with E-state index in [-0.39, 0.29) is 17.8 Å². The number of benzene rings is 2. The van der Waals surface area contributed by atoms with E-state index in [4.69, 9.17) is 4.74 Å². The summed E-state index contributed by atoms with van der Waals surface area (Å²) in [6.45, 7) is 0.700. The van der Waals surface area contributed by atoms with Gasteiger partial charge in [-0.3, -0.25) is 4.79 Å². The van der Waals surface area contributed by atoms with Crippen molar-refractivity contribution in [3.63, 3.8) is 0 Å². The van der Waals surface area contributed by atoms with Crippen LogP contribution in [-0.4, -0.2) is 24.5 Å². The fourth-order valence-electron chi connectivity index (χ4n) is 2.97. The number of hydrogen-bond acceptors (Lipinski definition) is 2. The van der Waals surface area contributed by atoms with Gasteiger partial charge < -0.3 is 9.64 Å². The van der Waals surface area contributed by atoms with Gasteiger partial charge in [-0.15, -0.1) is 0 Å². The number of carbonyl (C=O) groups is 1. The molecule has 3 nitrogen and oxygen atoms in total. The smallest absolute Gasteiger partial charge is 0.254 e. The zero-order chi connectivity index (χ0) is 15.5. The summed E-state index contributed by atoms with van der Waals surface area (Å²) in [5.74, 6) is 0.300. The Bertz CT molecular complexity index is 669. The Labute approximate surface area is 129 Å². The van der Waals surface area contributed by atoms with E-state index in [0.717, 1.165) is 24.2 Å². The first-order valence-electron chi connectivity index (χ1n) is 7.39. The van der Waals surface area contributed by atoms with Crippen LogP contribution in [0, 0.1) is 5.82 Å². The van der Waals surface area contributed by atoms with Crippen molar-refractivity contribution in [1.82, 2.24) is 4.90 Å². The van der Waals surface area contributed by atoms with Crippen molar-refractivity contribution in [2.45, 2.75) is 18.9 Å². The third-order valence-corrected chi connectivity index (χ3v) is 4.09. The molecule has 0 radical (unpaired) electrons. The van der Waals surface area contributed by atoms with Crippen LogP contribution in [0.4, 0.5) is 4.39 Å². The van der Waals surface area contributed by atoms with Gasteiger partial charge in [-0.2, -0.15) is 0 Å². The molecule has 0 spiro atoms. The van der Waals surface area contributed by atoms with Crippen LogP contribution in [0.2, 0.25) is 0 Å². The van der Waals surface area contributed by atoms with E-state index >= 15 is 0 Å². The van der Waals surface area contributed by atoms with Crippen molar-refractivity contribution in [2.24, 2.45) is 0 Å². The number of methoxy groups -OCH3 is 1. The van der Waals surface area contributed by atoms with E-state index in [1.54, 1.807) is 19.2 Å². The molecule has 1 aliphatic rings. The summed E-state index contributed by atoms with van der Waals surface area (Å²) < 4.78 is 18.5. The van der Waals surface area contributed by atoms with Gasteiger partial charge in [0.2, 0.25) is 0 Å². The minimum absolute atomic E-state index is 0.0432. The minimum Gasteiger partial charge on any atom is -0.497 e. The highest BCUT2D eigenvalue weighted by atomic mass is 19.1. The maximum absolute atomic E-state index is 13.3. The predicted octanol–water partition coefficient (Wildman–Crippen LogP) is 3.81. The Morgan fingerprint density at radius 2 is 2.00 bits per heavy atom. The van der Waals surface area contributed by atoms with Crippen molar-refractivity contribution in [3.05, 3.63) is 65.5 Å². The second-order valence-corrected chi connectivity index (χ2v) is 5.44. The Kier molecular flexibility index (Phi) is 4.09. The van der Waals surface area contributed by atoms with Crippen LogP contribution in [0.15, 0.2) is 48.5 Å². The van der Waals surface area contributed by atoms with Crippen LogP contribution < -0.4 is 4.74 Å². The summed E-state index contributed by atoms with van der Waals surface area (Å²) in [7, 11) is 1.63. The summed E-state index contributed by atoms with van der Waals surface area (Å²) in [5.41, 5.74) is 1.49. The number of ether oxygens (including phenoxy) is 1. The maximum atomic E-state index is 13.3. The van der Waals surface area contributed by atoms with Crippen molar-refractivity contribution >= 4 is 5.91 Å². The van der Waals surface area contributed by atoms with E-state index in [9.17, 15) is 9.18 Å². The lowest BCUT2D eigenvalue weighted by atomic mass is 10.0. The molecule has 4 heteroatoms. The van der Waals surface area contributed by atoms with Crippen molar-refractivity contribution in [2.75, 3.05) is 13.7 Å². The number of likely N-dealkylation sites (tertiary alicyclic amines) is 1. The summed E-state index contributed by atoms with van der Waals surface area (Å²) in [6.07, 6.45) is 1.88. The number of rotatable bonds is 3. The van der Waals surface area contributed by atoms with E-state index in [2.05, 4.69) is 0 Å². The molecule has 22 heavy (non-hydrogen) atoms. The number of nitrogens with zero attached hydrogens (tertiary/aromatic N) is 1. The largest absolute Gasteiger partial charge is 0.497 e. The molecule has 0 saturated carbocycles. The number of hydrogen-bond donors (Lipinski definition) is 0. The molecule has 1 aliphatic heterocycles. The second-order valence-electron chi connectivity index (χ2n) is 5.44. The van der Waals surface area contributed by atoms with Gasteiger partial charge >= 0.3 is 0 Å². The van der Waals surface area contributed by atoms with Gasteiger partial charge in [0.15, 0.2) is 0 Å². The standard InChI is InChI=1S/C18H18FNO2/c1-22-16-9-7-13(8-10-16)17-6-3-11-20(17)18(21)14-4-2-5-15(19)12-14/h2,4-5,7-10,12,17H,3,6,11H2,1H3. The molecule has 0 bridgehead atoms. The highest BCUT2D eigenvalue weighted by Crippen LogP contribution is 2.33. The topological polar surface area (TPSA) is 29.5 Å². The molecule has 0 aromatic heterocycles. The van der Waals surface area contributed by atoms with Gasteiger partial charge in [0.25, 0.3) is 5.91 Å². The van der Waals surface area contributed by atoms with Crippen LogP contribution in [0.5, 0.6) is 5.75 Å². The molecule has 1 saturated heterocycles. The van der Waals surface area contributed by atoms with Crippen molar-refractivity contribution < 1.29 is 13.9 Å². The SMILES string of the molecule is COc1ccc(C2CCCN2C(=O)c2cccc(F)c2)cc1. The van der Waals surface area contributed by atoms with E-state index < -0.39 is 0 Å². The first-order valence-corrected chi connectivity index (χ1v) is 7.39. The van der Waals surface area contributed by atoms with Gasteiger partial charge in [0, 0.05) is 12.1 Å². The Morgan fingerprint density at radius 1 is 1.23 bits per heavy atom. The zero-order valence-electron chi connectivity index (χ0n) is 12.5. The average Bonchev–Trinajstić information content (AvgIpc) is 3.04. The molecule has 1 fully saturated rings. The molecular weight excluding hydrogens is 281 g/mol. The normalized spacial score (nSPS) is 17.5. The molecule has 2 aromatic rings. The lowest BCUT2D eigenvalue weighted by Crippen LogP contribution is -2.30. The lowest BCUT2D eigenvalue weighted by Gasteiger charge is -2.25. The Hall–Kier alpha value is -2.36. The van der Waals surface area contributed by atoms with Crippen LogP contribution in [0.1, 0.15) is 34.8 Å². The fourth-order valence-corrected chi connectivity index (χ4v) is 2.97. The molecule has 2 aromatic carbocycles. The van der Waals surface area contributed by atoms with E-state index in [1.165, 1.54) is 12.1 Å². The molecular formula is C18H18FNO2. The Balaban J connectivity index is 1.84. The summed E-state index contributed by atoms with van der Waals surface area (Å²) in [5, 5.41) is 0. The first-order chi connectivity index (χ1) is 10.7. The molecule has 3 rings (SSSR count). The first kappa shape index (κ1) is 14.6. The fraction of sp³-hybridized carbons (Fsp3) is 0.278. The van der Waals surface area contributed by atoms with E-state index in [1.807, 2.05) is 29.2 Å². The summed E-state index contributed by atoms with van der Waals surface area (Å²) >= 11 is 0. The molecule has 1 atom stereocenters. The molecule has 1 amide bonds. The van der Waals surface area contributed by atoms with Crippen LogP contribution in [0.25, 0.3) is 0 Å². The monoisotopic (exact) mass is 299 g/mol. The summed E-state index contributed by atoms with van der Waals surface area (Å²) in [4.78, 5) is 14.5. The number of carbonyl (C=O) groups excluding carboxylic acids is 1. The van der Waals surface area contributed by atoms with Crippen molar-refractivity contribution in [3.8, 4) is 5.75 Å². The van der Waals surface area contributed by atoms with Gasteiger partial charge in [-0.1, -0.05) is 18.2 Å². The van der Waals surface area contributed by atoms with Gasteiger partial charge in [0.1, 0.15) is 11.6 Å². The van der Waals surface area contributed by atoms with Gasteiger partial charge in [0.05, 0.1) is 13.2 Å². The lowest BCUT2D eigenvalue weighted by molar-refractivity contribution is 0.0735. The van der Waals surface area contributed by atoms with Gasteiger partial charge in [-0.05, 0) is 48.7 Å². The second kappa shape index (κ2) is 6.18. The summed E-state index contributed by atoms with van der Waals surface area (Å²) in [6, 6.07) is 13.7. The van der Waals surface area contributed by atoms with Crippen LogP contribution in [0.3, 0.4) is 0 Å². The molecule has 1 heterocycles. The maximum Gasteiger partial charge on any atom is 0.254 e. The molecule has 0 N–H and O–H groups in total. The number of amides is 1. The quantitative estimate of drug-likeness (QED) is 0.862. The number of halogens is 1. The highest BCUT2D eigenvalue weighted by Gasteiger charge is 2.30. The Morgan fingerprint density at radius 3 is 2.68 bits per heavy atom. The highest BCUT2D eigenvalue weighted by molar-refractivity contribution is 5.94. The minimum atomic E-state index is -0.383. The third kappa shape index (κ3) is 2.82. The predicted molar refractivity (Wildman–Crippen MR) is 82.4 cm³/mol. The van der Waals surface area contributed by atoms with Crippen molar-refractivity contribution in [1.29, 1.82) is 0 Å². The van der Waals surface area contributed by atoms with Crippen LogP contribution in [-0.2, 0) is 0 Å².